The van der Waals surface area contributed by atoms with Crippen LogP contribution in [0.1, 0.15) is 23.8 Å². The van der Waals surface area contributed by atoms with Crippen molar-refractivity contribution in [2.75, 3.05) is 0 Å². The van der Waals surface area contributed by atoms with Crippen LogP contribution >= 0.6 is 11.3 Å². The minimum absolute atomic E-state index is 0.409. The van der Waals surface area contributed by atoms with Crippen LogP contribution in [0.2, 0.25) is 0 Å². The Morgan fingerprint density at radius 2 is 2.07 bits per heavy atom. The van der Waals surface area contributed by atoms with Gasteiger partial charge in [0.15, 0.2) is 0 Å². The fourth-order valence-electron chi connectivity index (χ4n) is 1.93. The van der Waals surface area contributed by atoms with Crippen LogP contribution in [0, 0.1) is 0 Å². The number of nitrogens with two attached hydrogens (primary N) is 1. The normalized spacial score (nSPS) is 26.4. The number of para-hydroxylation sites is 1. The van der Waals surface area contributed by atoms with Crippen LogP contribution in [0.15, 0.2) is 24.3 Å². The van der Waals surface area contributed by atoms with E-state index >= 15 is 0 Å². The summed E-state index contributed by atoms with van der Waals surface area (Å²) in [6.07, 6.45) is 2.22. The Hall–Kier alpha value is -0.930. The van der Waals surface area contributed by atoms with E-state index in [9.17, 15) is 0 Å². The van der Waals surface area contributed by atoms with Gasteiger partial charge in [-0.2, -0.15) is 0 Å². The van der Waals surface area contributed by atoms with Gasteiger partial charge in [-0.05, 0) is 25.0 Å². The highest BCUT2D eigenvalue weighted by atomic mass is 32.1. The molecule has 0 bridgehead atoms. The molecule has 1 fully saturated rings. The molecule has 0 radical (unpaired) electrons. The van der Waals surface area contributed by atoms with Crippen molar-refractivity contribution in [3.05, 3.63) is 29.3 Å². The standard InChI is InChI=1S/C11H12N2S/c12-8-5-7(6-8)11-13-9-3-1-2-4-10(9)14-11/h1-4,7-8H,5-6,12H2. The van der Waals surface area contributed by atoms with E-state index in [4.69, 9.17) is 5.73 Å². The molecule has 1 aromatic heterocycles. The van der Waals surface area contributed by atoms with Gasteiger partial charge in [0.25, 0.3) is 0 Å². The summed E-state index contributed by atoms with van der Waals surface area (Å²) in [5.74, 6) is 0.627. The van der Waals surface area contributed by atoms with Gasteiger partial charge in [0, 0.05) is 12.0 Å². The van der Waals surface area contributed by atoms with Crippen molar-refractivity contribution in [2.24, 2.45) is 5.73 Å². The summed E-state index contributed by atoms with van der Waals surface area (Å²) in [5, 5.41) is 1.27. The zero-order valence-corrected chi connectivity index (χ0v) is 8.63. The first-order valence-corrected chi connectivity index (χ1v) is 5.75. The van der Waals surface area contributed by atoms with E-state index in [1.807, 2.05) is 17.4 Å². The van der Waals surface area contributed by atoms with E-state index in [0.717, 1.165) is 18.4 Å². The van der Waals surface area contributed by atoms with Crippen LogP contribution < -0.4 is 5.73 Å². The summed E-state index contributed by atoms with van der Waals surface area (Å²) in [6.45, 7) is 0. The number of nitrogens with zero attached hydrogens (tertiary/aromatic N) is 1. The van der Waals surface area contributed by atoms with Crippen molar-refractivity contribution in [2.45, 2.75) is 24.8 Å². The highest BCUT2D eigenvalue weighted by Crippen LogP contribution is 2.39. The van der Waals surface area contributed by atoms with Gasteiger partial charge in [-0.25, -0.2) is 4.98 Å². The van der Waals surface area contributed by atoms with E-state index < -0.39 is 0 Å². The lowest BCUT2D eigenvalue weighted by Crippen LogP contribution is -2.34. The summed E-state index contributed by atoms with van der Waals surface area (Å²) in [4.78, 5) is 4.63. The number of fused-ring (bicyclic) bond motifs is 1. The summed E-state index contributed by atoms with van der Waals surface area (Å²) < 4.78 is 1.29. The number of thiazole rings is 1. The third-order valence-corrected chi connectivity index (χ3v) is 4.03. The number of benzene rings is 1. The molecule has 14 heavy (non-hydrogen) atoms. The maximum atomic E-state index is 5.78. The summed E-state index contributed by atoms with van der Waals surface area (Å²) in [5.41, 5.74) is 6.91. The molecule has 1 aliphatic carbocycles. The van der Waals surface area contributed by atoms with Gasteiger partial charge in [-0.15, -0.1) is 11.3 Å². The summed E-state index contributed by atoms with van der Waals surface area (Å²) in [7, 11) is 0. The molecular weight excluding hydrogens is 192 g/mol. The minimum Gasteiger partial charge on any atom is -0.328 e. The van der Waals surface area contributed by atoms with Crippen LogP contribution in [0.5, 0.6) is 0 Å². The van der Waals surface area contributed by atoms with Crippen LogP contribution in [0.4, 0.5) is 0 Å². The monoisotopic (exact) mass is 204 g/mol. The van der Waals surface area contributed by atoms with Crippen LogP contribution in [0.25, 0.3) is 10.2 Å². The van der Waals surface area contributed by atoms with Crippen molar-refractivity contribution in [1.82, 2.24) is 4.98 Å². The van der Waals surface area contributed by atoms with Crippen molar-refractivity contribution in [3.8, 4) is 0 Å². The molecule has 0 saturated heterocycles. The second-order valence-corrected chi connectivity index (χ2v) is 5.01. The first kappa shape index (κ1) is 8.38. The molecule has 2 nitrogen and oxygen atoms in total. The summed E-state index contributed by atoms with van der Waals surface area (Å²) in [6, 6.07) is 8.73. The zero-order valence-electron chi connectivity index (χ0n) is 7.81. The molecule has 72 valence electrons. The number of aromatic nitrogens is 1. The number of rotatable bonds is 1. The Balaban J connectivity index is 1.99. The molecule has 0 atom stereocenters. The van der Waals surface area contributed by atoms with E-state index in [2.05, 4.69) is 23.2 Å². The Kier molecular flexibility index (Phi) is 1.82. The fraction of sp³-hybridized carbons (Fsp3) is 0.364. The predicted molar refractivity (Wildman–Crippen MR) is 59.6 cm³/mol. The van der Waals surface area contributed by atoms with Gasteiger partial charge >= 0.3 is 0 Å². The van der Waals surface area contributed by atoms with Crippen molar-refractivity contribution >= 4 is 21.6 Å². The van der Waals surface area contributed by atoms with E-state index in [0.29, 0.717) is 12.0 Å². The molecule has 2 aromatic rings. The summed E-state index contributed by atoms with van der Waals surface area (Å²) >= 11 is 1.82. The molecular formula is C11H12N2S. The molecule has 2 N–H and O–H groups in total. The molecule has 1 aromatic carbocycles. The van der Waals surface area contributed by atoms with Crippen molar-refractivity contribution in [3.63, 3.8) is 0 Å². The van der Waals surface area contributed by atoms with Gasteiger partial charge in [-0.3, -0.25) is 0 Å². The van der Waals surface area contributed by atoms with E-state index in [1.165, 1.54) is 9.71 Å². The predicted octanol–water partition coefficient (Wildman–Crippen LogP) is 2.50. The molecule has 1 aliphatic rings. The molecule has 3 rings (SSSR count). The Morgan fingerprint density at radius 3 is 2.79 bits per heavy atom. The fourth-order valence-corrected chi connectivity index (χ4v) is 3.02. The van der Waals surface area contributed by atoms with Crippen LogP contribution in [-0.4, -0.2) is 11.0 Å². The molecule has 0 amide bonds. The molecule has 1 saturated carbocycles. The van der Waals surface area contributed by atoms with Crippen molar-refractivity contribution in [1.29, 1.82) is 0 Å². The van der Waals surface area contributed by atoms with Gasteiger partial charge in [0.05, 0.1) is 15.2 Å². The number of hydrogen-bond acceptors (Lipinski definition) is 3. The average Bonchev–Trinajstić information content (AvgIpc) is 2.55. The first-order chi connectivity index (χ1) is 6.83. The lowest BCUT2D eigenvalue weighted by molar-refractivity contribution is 0.351. The van der Waals surface area contributed by atoms with Crippen molar-refractivity contribution < 1.29 is 0 Å². The average molecular weight is 204 g/mol. The Morgan fingerprint density at radius 1 is 1.29 bits per heavy atom. The third-order valence-electron chi connectivity index (χ3n) is 2.83. The molecule has 0 unspecified atom stereocenters. The largest absolute Gasteiger partial charge is 0.328 e. The molecule has 3 heteroatoms. The van der Waals surface area contributed by atoms with Gasteiger partial charge in [-0.1, -0.05) is 12.1 Å². The SMILES string of the molecule is NC1CC(c2nc3ccccc3s2)C1. The lowest BCUT2D eigenvalue weighted by Gasteiger charge is -2.30. The highest BCUT2D eigenvalue weighted by molar-refractivity contribution is 7.18. The maximum Gasteiger partial charge on any atom is 0.0970 e. The van der Waals surface area contributed by atoms with Crippen LogP contribution in [0.3, 0.4) is 0 Å². The van der Waals surface area contributed by atoms with Gasteiger partial charge < -0.3 is 5.73 Å². The van der Waals surface area contributed by atoms with Crippen LogP contribution in [-0.2, 0) is 0 Å². The molecule has 0 spiro atoms. The second-order valence-electron chi connectivity index (χ2n) is 3.95. The second kappa shape index (κ2) is 3.04. The van der Waals surface area contributed by atoms with E-state index in [1.54, 1.807) is 0 Å². The maximum absolute atomic E-state index is 5.78. The number of hydrogen-bond donors (Lipinski definition) is 1. The minimum atomic E-state index is 0.409. The molecule has 1 heterocycles. The highest BCUT2D eigenvalue weighted by Gasteiger charge is 2.29. The van der Waals surface area contributed by atoms with Gasteiger partial charge in [0.1, 0.15) is 0 Å². The molecule has 0 aliphatic heterocycles. The quantitative estimate of drug-likeness (QED) is 0.775. The Labute approximate surface area is 86.8 Å². The third kappa shape index (κ3) is 1.24. The lowest BCUT2D eigenvalue weighted by atomic mass is 9.81. The topological polar surface area (TPSA) is 38.9 Å². The Bertz CT molecular complexity index is 424. The zero-order chi connectivity index (χ0) is 9.54. The first-order valence-electron chi connectivity index (χ1n) is 4.94. The van der Waals surface area contributed by atoms with E-state index in [-0.39, 0.29) is 0 Å². The smallest absolute Gasteiger partial charge is 0.0970 e. The van der Waals surface area contributed by atoms with Gasteiger partial charge in [0.2, 0.25) is 0 Å².